The first-order valence-electron chi connectivity index (χ1n) is 11.7. The zero-order valence-corrected chi connectivity index (χ0v) is 21.8. The zero-order valence-electron chi connectivity index (χ0n) is 18.9. The van der Waals surface area contributed by atoms with Gasteiger partial charge in [-0.05, 0) is 67.2 Å². The van der Waals surface area contributed by atoms with Gasteiger partial charge in [0.05, 0.1) is 19.4 Å². The van der Waals surface area contributed by atoms with Crippen LogP contribution in [0, 0.1) is 0 Å². The second-order valence-electron chi connectivity index (χ2n) is 11.0. The highest BCUT2D eigenvalue weighted by molar-refractivity contribution is 6.39. The van der Waals surface area contributed by atoms with Crippen LogP contribution in [-0.2, 0) is 0 Å². The fourth-order valence-corrected chi connectivity index (χ4v) is 10.8. The lowest BCUT2D eigenvalue weighted by Crippen LogP contribution is -2.52. The van der Waals surface area contributed by atoms with Crippen LogP contribution in [0.15, 0.2) is 0 Å². The Morgan fingerprint density at radius 3 is 1.15 bits per heavy atom. The standard InChI is InChI=1S/C22H48N2Si2/c1-21(2,3)23(19-13-9-7-10-14-19)25-17-18-26-24(22(4,5)6)20-15-11-8-12-16-20/h19-20H,7-18,25-26H2,1-6H3. The molecular formula is C22H48N2Si2. The fourth-order valence-electron chi connectivity index (χ4n) is 5.48. The molecule has 0 aliphatic heterocycles. The summed E-state index contributed by atoms with van der Waals surface area (Å²) in [5.41, 5.74) is 0.783. The predicted octanol–water partition coefficient (Wildman–Crippen LogP) is 4.86. The van der Waals surface area contributed by atoms with Gasteiger partial charge in [0.15, 0.2) is 0 Å². The van der Waals surface area contributed by atoms with Crippen molar-refractivity contribution in [2.24, 2.45) is 0 Å². The lowest BCUT2D eigenvalue weighted by molar-refractivity contribution is 0.153. The van der Waals surface area contributed by atoms with E-state index < -0.39 is 0 Å². The molecule has 0 bridgehead atoms. The summed E-state index contributed by atoms with van der Waals surface area (Å²) in [5.74, 6) is 0. The number of hydrogen-bond donors (Lipinski definition) is 0. The van der Waals surface area contributed by atoms with Gasteiger partial charge < -0.3 is 9.13 Å². The average molecular weight is 397 g/mol. The number of rotatable bonds is 7. The highest BCUT2D eigenvalue weighted by atomic mass is 28.2. The van der Waals surface area contributed by atoms with Crippen molar-refractivity contribution in [3.05, 3.63) is 0 Å². The molecule has 0 spiro atoms. The van der Waals surface area contributed by atoms with Crippen molar-refractivity contribution in [2.45, 2.75) is 141 Å². The molecule has 2 fully saturated rings. The largest absolute Gasteiger partial charge is 0.322 e. The topological polar surface area (TPSA) is 6.48 Å². The van der Waals surface area contributed by atoms with Crippen LogP contribution in [0.2, 0.25) is 12.1 Å². The third kappa shape index (κ3) is 7.07. The minimum Gasteiger partial charge on any atom is -0.322 e. The highest BCUT2D eigenvalue weighted by Gasteiger charge is 2.31. The fraction of sp³-hybridized carbons (Fsp3) is 1.00. The quantitative estimate of drug-likeness (QED) is 0.448. The third-order valence-corrected chi connectivity index (χ3v) is 13.3. The summed E-state index contributed by atoms with van der Waals surface area (Å²) >= 11 is 0. The van der Waals surface area contributed by atoms with Crippen LogP contribution in [0.3, 0.4) is 0 Å². The molecule has 154 valence electrons. The summed E-state index contributed by atoms with van der Waals surface area (Å²) in [7, 11) is -0.195. The van der Waals surface area contributed by atoms with Crippen molar-refractivity contribution >= 4 is 19.4 Å². The van der Waals surface area contributed by atoms with Gasteiger partial charge in [0.25, 0.3) is 0 Å². The van der Waals surface area contributed by atoms with Crippen molar-refractivity contribution in [3.8, 4) is 0 Å². The Bertz CT molecular complexity index is 350. The Kier molecular flexibility index (Phi) is 8.90. The molecular weight excluding hydrogens is 348 g/mol. The molecule has 0 aromatic heterocycles. The van der Waals surface area contributed by atoms with Gasteiger partial charge in [0.2, 0.25) is 0 Å². The average Bonchev–Trinajstić information content (AvgIpc) is 2.57. The van der Waals surface area contributed by atoms with Crippen LogP contribution in [0.1, 0.15) is 106 Å². The molecule has 2 rings (SSSR count). The normalized spacial score (nSPS) is 22.6. The van der Waals surface area contributed by atoms with Crippen molar-refractivity contribution in [1.29, 1.82) is 0 Å². The maximum Gasteiger partial charge on any atom is 0.0957 e. The van der Waals surface area contributed by atoms with E-state index in [0.29, 0.717) is 11.1 Å². The minimum absolute atomic E-state index is 0.0975. The maximum absolute atomic E-state index is 3.00. The lowest BCUT2D eigenvalue weighted by Gasteiger charge is -2.45. The summed E-state index contributed by atoms with van der Waals surface area (Å²) in [4.78, 5) is 0. The van der Waals surface area contributed by atoms with Crippen molar-refractivity contribution in [1.82, 2.24) is 9.13 Å². The van der Waals surface area contributed by atoms with Crippen LogP contribution in [0.4, 0.5) is 0 Å². The van der Waals surface area contributed by atoms with E-state index in [0.717, 1.165) is 12.1 Å². The Morgan fingerprint density at radius 1 is 0.577 bits per heavy atom. The van der Waals surface area contributed by atoms with Gasteiger partial charge >= 0.3 is 0 Å². The number of nitrogens with zero attached hydrogens (tertiary/aromatic N) is 2. The molecule has 0 saturated heterocycles. The smallest absolute Gasteiger partial charge is 0.0957 e. The molecule has 2 aliphatic rings. The Morgan fingerprint density at radius 2 is 0.885 bits per heavy atom. The van der Waals surface area contributed by atoms with Crippen LogP contribution in [0.5, 0.6) is 0 Å². The molecule has 0 N–H and O–H groups in total. The molecule has 2 saturated carbocycles. The summed E-state index contributed by atoms with van der Waals surface area (Å²) < 4.78 is 6.01. The van der Waals surface area contributed by atoms with Gasteiger partial charge in [-0.1, -0.05) is 50.6 Å². The lowest BCUT2D eigenvalue weighted by atomic mass is 9.93. The first-order valence-corrected chi connectivity index (χ1v) is 15.0. The van der Waals surface area contributed by atoms with Crippen LogP contribution in [-0.4, -0.2) is 51.7 Å². The van der Waals surface area contributed by atoms with Gasteiger partial charge in [-0.15, -0.1) is 0 Å². The highest BCUT2D eigenvalue weighted by Crippen LogP contribution is 2.29. The first-order chi connectivity index (χ1) is 12.2. The zero-order chi connectivity index (χ0) is 19.2. The maximum atomic E-state index is 3.00. The molecule has 4 heteroatoms. The van der Waals surface area contributed by atoms with E-state index in [1.54, 1.807) is 12.1 Å². The van der Waals surface area contributed by atoms with Gasteiger partial charge in [0.1, 0.15) is 0 Å². The molecule has 0 aromatic rings. The summed E-state index contributed by atoms with van der Waals surface area (Å²) in [6.45, 7) is 14.8. The van der Waals surface area contributed by atoms with Crippen molar-refractivity contribution < 1.29 is 0 Å². The predicted molar refractivity (Wildman–Crippen MR) is 124 cm³/mol. The van der Waals surface area contributed by atoms with Gasteiger partial charge in [-0.2, -0.15) is 0 Å². The monoisotopic (exact) mass is 396 g/mol. The van der Waals surface area contributed by atoms with Crippen LogP contribution in [0.25, 0.3) is 0 Å². The molecule has 26 heavy (non-hydrogen) atoms. The van der Waals surface area contributed by atoms with Crippen LogP contribution >= 0.6 is 0 Å². The number of hydrogen-bond acceptors (Lipinski definition) is 2. The molecule has 0 aromatic carbocycles. The van der Waals surface area contributed by atoms with E-state index in [9.17, 15) is 0 Å². The Labute approximate surface area is 169 Å². The summed E-state index contributed by atoms with van der Waals surface area (Å²) in [5, 5.41) is 0. The summed E-state index contributed by atoms with van der Waals surface area (Å²) in [6.07, 6.45) is 14.7. The summed E-state index contributed by atoms with van der Waals surface area (Å²) in [6, 6.07) is 4.93. The van der Waals surface area contributed by atoms with Gasteiger partial charge in [-0.25, -0.2) is 0 Å². The van der Waals surface area contributed by atoms with Crippen molar-refractivity contribution in [2.75, 3.05) is 0 Å². The minimum atomic E-state index is -0.0975. The van der Waals surface area contributed by atoms with Gasteiger partial charge in [0, 0.05) is 23.2 Å². The van der Waals surface area contributed by atoms with E-state index in [2.05, 4.69) is 50.7 Å². The molecule has 0 heterocycles. The van der Waals surface area contributed by atoms with E-state index >= 15 is 0 Å². The molecule has 0 atom stereocenters. The second-order valence-corrected chi connectivity index (χ2v) is 14.7. The first kappa shape index (κ1) is 22.6. The van der Waals surface area contributed by atoms with E-state index in [4.69, 9.17) is 0 Å². The van der Waals surface area contributed by atoms with E-state index in [-0.39, 0.29) is 19.4 Å². The molecule has 0 unspecified atom stereocenters. The van der Waals surface area contributed by atoms with E-state index in [1.807, 2.05) is 0 Å². The Balaban J connectivity index is 1.84. The molecule has 0 radical (unpaired) electrons. The second kappa shape index (κ2) is 10.2. The Hall–Kier alpha value is 0.354. The van der Waals surface area contributed by atoms with E-state index in [1.165, 1.54) is 64.2 Å². The van der Waals surface area contributed by atoms with Crippen LogP contribution < -0.4 is 0 Å². The molecule has 0 amide bonds. The SMILES string of the molecule is CC(C)(C)N([SiH2]CC[SiH2]N(C1CCCCC1)C(C)(C)C)C1CCCCC1. The third-order valence-electron chi connectivity index (χ3n) is 6.80. The molecule has 2 nitrogen and oxygen atoms in total. The van der Waals surface area contributed by atoms with Gasteiger partial charge in [-0.3, -0.25) is 0 Å². The van der Waals surface area contributed by atoms with Crippen molar-refractivity contribution in [3.63, 3.8) is 0 Å². The molecule has 2 aliphatic carbocycles.